The van der Waals surface area contributed by atoms with E-state index < -0.39 is 6.03 Å². The van der Waals surface area contributed by atoms with Crippen molar-refractivity contribution in [3.63, 3.8) is 0 Å². The van der Waals surface area contributed by atoms with Crippen LogP contribution in [-0.4, -0.2) is 67.7 Å². The summed E-state index contributed by atoms with van der Waals surface area (Å²) in [5.74, 6) is 1.09. The minimum absolute atomic E-state index is 0.0419. The van der Waals surface area contributed by atoms with Crippen LogP contribution in [0.2, 0.25) is 0 Å². The molecule has 7 nitrogen and oxygen atoms in total. The zero-order chi connectivity index (χ0) is 21.7. The molecule has 0 spiro atoms. The van der Waals surface area contributed by atoms with Gasteiger partial charge in [0.2, 0.25) is 5.91 Å². The van der Waals surface area contributed by atoms with E-state index in [-0.39, 0.29) is 12.5 Å². The second-order valence-corrected chi connectivity index (χ2v) is 9.20. The van der Waals surface area contributed by atoms with E-state index in [2.05, 4.69) is 51.9 Å². The molecule has 0 unspecified atom stereocenters. The second-order valence-electron chi connectivity index (χ2n) is 8.29. The summed E-state index contributed by atoms with van der Waals surface area (Å²) in [5, 5.41) is 5.55. The number of nitrogens with zero attached hydrogens (tertiary/aromatic N) is 2. The fourth-order valence-electron chi connectivity index (χ4n) is 4.16. The molecule has 1 aromatic rings. The summed E-state index contributed by atoms with van der Waals surface area (Å²) in [6, 6.07) is 5.30. The maximum atomic E-state index is 12.5. The molecule has 2 saturated heterocycles. The molecule has 1 aromatic carbocycles. The fraction of sp³-hybridized carbons (Fsp3) is 0.545. The first-order valence-corrected chi connectivity index (χ1v) is 11.3. The number of likely N-dealkylation sites (tertiary alicyclic amines) is 1. The Morgan fingerprint density at radius 3 is 2.50 bits per heavy atom. The van der Waals surface area contributed by atoms with Crippen LogP contribution in [0, 0.1) is 11.8 Å². The number of urea groups is 1. The van der Waals surface area contributed by atoms with E-state index in [4.69, 9.17) is 4.74 Å². The van der Waals surface area contributed by atoms with Crippen molar-refractivity contribution in [1.29, 1.82) is 0 Å². The van der Waals surface area contributed by atoms with Gasteiger partial charge in [0, 0.05) is 41.9 Å². The van der Waals surface area contributed by atoms with E-state index in [0.29, 0.717) is 43.8 Å². The normalized spacial score (nSPS) is 21.8. The molecule has 0 saturated carbocycles. The number of benzene rings is 1. The van der Waals surface area contributed by atoms with Crippen LogP contribution in [0.5, 0.6) is 0 Å². The summed E-state index contributed by atoms with van der Waals surface area (Å²) in [4.78, 5) is 28.7. The molecule has 3 amide bonds. The molecule has 3 rings (SSSR count). The van der Waals surface area contributed by atoms with Crippen molar-refractivity contribution >= 4 is 39.3 Å². The SMILES string of the molecule is C=C(c1cc(Br)ccc1NC(=O)NCC(=O)N1CCOCC1)N1C[C@H](C)C[C@H](C)C1. The largest absolute Gasteiger partial charge is 0.378 e. The predicted molar refractivity (Wildman–Crippen MR) is 122 cm³/mol. The van der Waals surface area contributed by atoms with Gasteiger partial charge in [-0.3, -0.25) is 4.79 Å². The van der Waals surface area contributed by atoms with Crippen LogP contribution in [0.3, 0.4) is 0 Å². The molecule has 0 aromatic heterocycles. The number of carbonyl (C=O) groups is 2. The third-order valence-corrected chi connectivity index (χ3v) is 6.05. The number of halogens is 1. The van der Waals surface area contributed by atoms with Crippen LogP contribution < -0.4 is 10.6 Å². The highest BCUT2D eigenvalue weighted by molar-refractivity contribution is 9.10. The number of anilines is 1. The van der Waals surface area contributed by atoms with Gasteiger partial charge in [-0.1, -0.05) is 36.4 Å². The number of hydrogen-bond acceptors (Lipinski definition) is 4. The van der Waals surface area contributed by atoms with Crippen molar-refractivity contribution in [3.8, 4) is 0 Å². The minimum Gasteiger partial charge on any atom is -0.378 e. The maximum absolute atomic E-state index is 12.5. The van der Waals surface area contributed by atoms with Crippen LogP contribution in [-0.2, 0) is 9.53 Å². The van der Waals surface area contributed by atoms with Crippen molar-refractivity contribution in [2.24, 2.45) is 11.8 Å². The molecule has 0 aliphatic carbocycles. The Labute approximate surface area is 186 Å². The molecule has 0 radical (unpaired) electrons. The summed E-state index contributed by atoms with van der Waals surface area (Å²) in [6.45, 7) is 12.9. The highest BCUT2D eigenvalue weighted by Crippen LogP contribution is 2.32. The Hall–Kier alpha value is -2.06. The molecule has 2 N–H and O–H groups in total. The molecule has 2 aliphatic rings. The zero-order valence-corrected chi connectivity index (χ0v) is 19.3. The number of morpholine rings is 1. The lowest BCUT2D eigenvalue weighted by Crippen LogP contribution is -2.46. The quantitative estimate of drug-likeness (QED) is 0.680. The smallest absolute Gasteiger partial charge is 0.319 e. The Kier molecular flexibility index (Phi) is 7.77. The Morgan fingerprint density at radius 1 is 1.17 bits per heavy atom. The third-order valence-electron chi connectivity index (χ3n) is 5.56. The van der Waals surface area contributed by atoms with E-state index in [1.165, 1.54) is 6.42 Å². The molecule has 30 heavy (non-hydrogen) atoms. The first-order valence-electron chi connectivity index (χ1n) is 10.5. The van der Waals surface area contributed by atoms with Crippen LogP contribution in [0.4, 0.5) is 10.5 Å². The van der Waals surface area contributed by atoms with Gasteiger partial charge in [-0.05, 0) is 36.5 Å². The average molecular weight is 479 g/mol. The number of carbonyl (C=O) groups excluding carboxylic acids is 2. The van der Waals surface area contributed by atoms with Crippen molar-refractivity contribution in [2.45, 2.75) is 20.3 Å². The number of piperidine rings is 1. The lowest BCUT2D eigenvalue weighted by atomic mass is 9.91. The summed E-state index contributed by atoms with van der Waals surface area (Å²) in [5.41, 5.74) is 2.44. The first kappa shape index (κ1) is 22.6. The van der Waals surface area contributed by atoms with Gasteiger partial charge < -0.3 is 25.2 Å². The van der Waals surface area contributed by atoms with Gasteiger partial charge in [-0.15, -0.1) is 0 Å². The molecular formula is C22H31BrN4O3. The van der Waals surface area contributed by atoms with E-state index in [1.54, 1.807) is 4.90 Å². The lowest BCUT2D eigenvalue weighted by Gasteiger charge is -2.38. The Bertz CT molecular complexity index is 785. The van der Waals surface area contributed by atoms with Crippen molar-refractivity contribution < 1.29 is 14.3 Å². The average Bonchev–Trinajstić information content (AvgIpc) is 2.72. The lowest BCUT2D eigenvalue weighted by molar-refractivity contribution is -0.134. The molecule has 2 heterocycles. The number of amides is 3. The van der Waals surface area contributed by atoms with Gasteiger partial charge in [-0.2, -0.15) is 0 Å². The van der Waals surface area contributed by atoms with Gasteiger partial charge >= 0.3 is 6.03 Å². The predicted octanol–water partition coefficient (Wildman–Crippen LogP) is 3.38. The first-order chi connectivity index (χ1) is 14.3. The van der Waals surface area contributed by atoms with Gasteiger partial charge in [-0.25, -0.2) is 4.79 Å². The van der Waals surface area contributed by atoms with Gasteiger partial charge in [0.25, 0.3) is 0 Å². The van der Waals surface area contributed by atoms with Gasteiger partial charge in [0.1, 0.15) is 0 Å². The topological polar surface area (TPSA) is 73.9 Å². The summed E-state index contributed by atoms with van der Waals surface area (Å²) < 4.78 is 6.17. The maximum Gasteiger partial charge on any atom is 0.319 e. The molecule has 2 fully saturated rings. The Morgan fingerprint density at radius 2 is 1.83 bits per heavy atom. The summed E-state index contributed by atoms with van der Waals surface area (Å²) in [6.07, 6.45) is 1.22. The van der Waals surface area contributed by atoms with Gasteiger partial charge in [0.05, 0.1) is 25.4 Å². The van der Waals surface area contributed by atoms with Crippen LogP contribution in [0.15, 0.2) is 29.3 Å². The number of ether oxygens (including phenoxy) is 1. The van der Waals surface area contributed by atoms with E-state index >= 15 is 0 Å². The monoisotopic (exact) mass is 478 g/mol. The molecule has 0 bridgehead atoms. The molecule has 8 heteroatoms. The Balaban J connectivity index is 1.63. The molecular weight excluding hydrogens is 448 g/mol. The number of hydrogen-bond donors (Lipinski definition) is 2. The molecule has 2 aliphatic heterocycles. The summed E-state index contributed by atoms with van der Waals surface area (Å²) >= 11 is 3.52. The third kappa shape index (κ3) is 5.98. The second kappa shape index (κ2) is 10.3. The zero-order valence-electron chi connectivity index (χ0n) is 17.7. The van der Waals surface area contributed by atoms with Crippen molar-refractivity contribution in [3.05, 3.63) is 34.8 Å². The van der Waals surface area contributed by atoms with Crippen molar-refractivity contribution in [1.82, 2.24) is 15.1 Å². The standard InChI is InChI=1S/C22H31BrN4O3/c1-15-10-16(2)14-27(13-15)17(3)19-11-18(23)4-5-20(19)25-22(29)24-12-21(28)26-6-8-30-9-7-26/h4-5,11,15-16H,3,6-10,12-14H2,1-2H3,(H2,24,25,29)/t15-,16+. The van der Waals surface area contributed by atoms with Crippen LogP contribution in [0.25, 0.3) is 5.70 Å². The van der Waals surface area contributed by atoms with E-state index in [9.17, 15) is 9.59 Å². The number of rotatable bonds is 5. The van der Waals surface area contributed by atoms with Crippen LogP contribution in [0.1, 0.15) is 25.8 Å². The summed E-state index contributed by atoms with van der Waals surface area (Å²) in [7, 11) is 0. The molecule has 2 atom stereocenters. The van der Waals surface area contributed by atoms with E-state index in [1.807, 2.05) is 18.2 Å². The molecule has 164 valence electrons. The highest BCUT2D eigenvalue weighted by Gasteiger charge is 2.25. The number of nitrogens with one attached hydrogen (secondary N) is 2. The van der Waals surface area contributed by atoms with Crippen molar-refractivity contribution in [2.75, 3.05) is 51.3 Å². The fourth-order valence-corrected chi connectivity index (χ4v) is 4.53. The minimum atomic E-state index is -0.409. The van der Waals surface area contributed by atoms with Crippen LogP contribution >= 0.6 is 15.9 Å². The van der Waals surface area contributed by atoms with Gasteiger partial charge in [0.15, 0.2) is 0 Å². The highest BCUT2D eigenvalue weighted by atomic mass is 79.9. The van der Waals surface area contributed by atoms with E-state index in [0.717, 1.165) is 28.8 Å².